The Morgan fingerprint density at radius 3 is 2.58 bits per heavy atom. The van der Waals surface area contributed by atoms with Crippen LogP contribution in [0.4, 0.5) is 0 Å². The van der Waals surface area contributed by atoms with Gasteiger partial charge in [0.05, 0.1) is 32.1 Å². The number of nitrogens with zero attached hydrogens (tertiary/aromatic N) is 3. The second kappa shape index (κ2) is 11.4. The van der Waals surface area contributed by atoms with Crippen LogP contribution in [0.25, 0.3) is 11.3 Å². The summed E-state index contributed by atoms with van der Waals surface area (Å²) in [4.78, 5) is 19.8. The fourth-order valence-corrected chi connectivity index (χ4v) is 4.77. The monoisotopic (exact) mass is 512 g/mol. The van der Waals surface area contributed by atoms with E-state index in [4.69, 9.17) is 14.2 Å². The van der Waals surface area contributed by atoms with Crippen molar-refractivity contribution < 1.29 is 19.0 Å². The summed E-state index contributed by atoms with van der Waals surface area (Å²) in [6.45, 7) is 5.61. The molecule has 0 saturated heterocycles. The summed E-state index contributed by atoms with van der Waals surface area (Å²) >= 11 is 0. The molecule has 8 heteroatoms. The first kappa shape index (κ1) is 25.3. The number of carbonyl (C=O) groups excluding carboxylic acids is 1. The van der Waals surface area contributed by atoms with Gasteiger partial charge in [-0.2, -0.15) is 5.10 Å². The van der Waals surface area contributed by atoms with Crippen LogP contribution in [0, 0.1) is 0 Å². The first-order chi connectivity index (χ1) is 18.6. The minimum absolute atomic E-state index is 0.109. The van der Waals surface area contributed by atoms with Crippen molar-refractivity contribution in [1.82, 2.24) is 20.1 Å². The van der Waals surface area contributed by atoms with Gasteiger partial charge in [-0.05, 0) is 66.9 Å². The number of carbonyl (C=O) groups is 1. The molecule has 38 heavy (non-hydrogen) atoms. The van der Waals surface area contributed by atoms with Gasteiger partial charge in [-0.15, -0.1) is 0 Å². The fourth-order valence-electron chi connectivity index (χ4n) is 4.77. The number of methoxy groups -OCH3 is 1. The third-order valence-electron chi connectivity index (χ3n) is 6.64. The third-order valence-corrected chi connectivity index (χ3v) is 6.64. The predicted octanol–water partition coefficient (Wildman–Crippen LogP) is 5.80. The molecule has 3 heterocycles. The molecule has 1 atom stereocenters. The molecule has 4 aromatic rings. The maximum absolute atomic E-state index is 13.7. The molecule has 196 valence electrons. The van der Waals surface area contributed by atoms with Crippen molar-refractivity contribution in [3.05, 3.63) is 89.4 Å². The molecule has 1 aliphatic heterocycles. The largest absolute Gasteiger partial charge is 0.497 e. The second-order valence-corrected chi connectivity index (χ2v) is 9.13. The first-order valence-corrected chi connectivity index (χ1v) is 13.0. The quantitative estimate of drug-likeness (QED) is 0.255. The van der Waals surface area contributed by atoms with Gasteiger partial charge >= 0.3 is 0 Å². The lowest BCUT2D eigenvalue weighted by molar-refractivity contribution is 0.0729. The number of amides is 1. The van der Waals surface area contributed by atoms with Crippen molar-refractivity contribution in [3.8, 4) is 28.5 Å². The molecule has 0 aliphatic carbocycles. The fraction of sp³-hybridized carbons (Fsp3) is 0.300. The van der Waals surface area contributed by atoms with E-state index in [1.54, 1.807) is 19.5 Å². The van der Waals surface area contributed by atoms with Crippen molar-refractivity contribution in [2.75, 3.05) is 20.3 Å². The Bertz CT molecular complexity index is 1390. The zero-order valence-corrected chi connectivity index (χ0v) is 21.9. The van der Waals surface area contributed by atoms with E-state index in [9.17, 15) is 4.79 Å². The van der Waals surface area contributed by atoms with Crippen LogP contribution in [0.2, 0.25) is 0 Å². The summed E-state index contributed by atoms with van der Waals surface area (Å²) in [6.07, 6.45) is 5.53. The third kappa shape index (κ3) is 4.94. The number of rotatable bonds is 11. The molecular formula is C30H32N4O4. The van der Waals surface area contributed by atoms with Gasteiger partial charge < -0.3 is 19.1 Å². The summed E-state index contributed by atoms with van der Waals surface area (Å²) < 4.78 is 17.3. The molecule has 0 bridgehead atoms. The minimum atomic E-state index is -0.377. The summed E-state index contributed by atoms with van der Waals surface area (Å²) in [5, 5.41) is 7.60. The number of ether oxygens (including phenoxy) is 3. The number of hydrogen-bond acceptors (Lipinski definition) is 6. The number of unbranched alkanes of at least 4 members (excludes halogenated alkanes) is 1. The molecular weight excluding hydrogens is 480 g/mol. The van der Waals surface area contributed by atoms with Crippen LogP contribution in [0.5, 0.6) is 17.2 Å². The minimum Gasteiger partial charge on any atom is -0.497 e. The van der Waals surface area contributed by atoms with Gasteiger partial charge in [-0.3, -0.25) is 14.9 Å². The van der Waals surface area contributed by atoms with Crippen molar-refractivity contribution in [1.29, 1.82) is 0 Å². The topological polar surface area (TPSA) is 89.6 Å². The van der Waals surface area contributed by atoms with E-state index in [-0.39, 0.29) is 11.9 Å². The molecule has 0 saturated carbocycles. The number of pyridine rings is 1. The molecule has 8 nitrogen and oxygen atoms in total. The van der Waals surface area contributed by atoms with Gasteiger partial charge in [0.1, 0.15) is 11.4 Å². The molecule has 1 unspecified atom stereocenters. The summed E-state index contributed by atoms with van der Waals surface area (Å²) in [6, 6.07) is 17.1. The maximum atomic E-state index is 13.7. The Hall–Kier alpha value is -4.33. The van der Waals surface area contributed by atoms with Crippen LogP contribution in [-0.2, 0) is 6.54 Å². The van der Waals surface area contributed by atoms with Crippen molar-refractivity contribution in [3.63, 3.8) is 0 Å². The summed E-state index contributed by atoms with van der Waals surface area (Å²) in [5.41, 5.74) is 4.82. The zero-order valence-electron chi connectivity index (χ0n) is 21.9. The molecule has 1 N–H and O–H groups in total. The molecule has 0 spiro atoms. The van der Waals surface area contributed by atoms with Gasteiger partial charge in [-0.25, -0.2) is 0 Å². The van der Waals surface area contributed by atoms with E-state index in [1.807, 2.05) is 66.4 Å². The van der Waals surface area contributed by atoms with Crippen LogP contribution in [0.15, 0.2) is 67.0 Å². The lowest BCUT2D eigenvalue weighted by Gasteiger charge is -2.27. The highest BCUT2D eigenvalue weighted by Gasteiger charge is 2.42. The number of aromatic amines is 1. The highest BCUT2D eigenvalue weighted by molar-refractivity contribution is 6.00. The van der Waals surface area contributed by atoms with E-state index in [1.165, 1.54) is 0 Å². The number of fused-ring (bicyclic) bond motifs is 1. The molecule has 1 amide bonds. The summed E-state index contributed by atoms with van der Waals surface area (Å²) in [7, 11) is 1.64. The van der Waals surface area contributed by atoms with Crippen LogP contribution >= 0.6 is 0 Å². The Morgan fingerprint density at radius 1 is 1.03 bits per heavy atom. The van der Waals surface area contributed by atoms with E-state index in [2.05, 4.69) is 22.1 Å². The summed E-state index contributed by atoms with van der Waals surface area (Å²) in [5.74, 6) is 2.02. The number of hydrogen-bond donors (Lipinski definition) is 1. The maximum Gasteiger partial charge on any atom is 0.273 e. The number of H-pyrrole nitrogens is 1. The van der Waals surface area contributed by atoms with E-state index >= 15 is 0 Å². The Labute approximate surface area is 222 Å². The molecule has 5 rings (SSSR count). The average molecular weight is 513 g/mol. The van der Waals surface area contributed by atoms with Gasteiger partial charge in [-0.1, -0.05) is 25.5 Å². The van der Waals surface area contributed by atoms with Crippen LogP contribution < -0.4 is 14.2 Å². The zero-order chi connectivity index (χ0) is 26.5. The molecule has 2 aromatic carbocycles. The van der Waals surface area contributed by atoms with Gasteiger partial charge in [0.2, 0.25) is 0 Å². The number of benzene rings is 2. The Balaban J connectivity index is 1.60. The standard InChI is InChI=1S/C30H32N4O4/c1-4-6-16-38-24-14-11-22(17-25(24)37-5-2)29-26-27(21-9-12-23(36-3)13-10-21)32-33-28(26)30(35)34(29)19-20-8-7-15-31-18-20/h7-15,17-18,29H,4-6,16,19H2,1-3H3,(H,32,33). The van der Waals surface area contributed by atoms with Crippen molar-refractivity contribution in [2.45, 2.75) is 39.3 Å². The molecule has 2 aromatic heterocycles. The van der Waals surface area contributed by atoms with Gasteiger partial charge in [0, 0.05) is 30.1 Å². The number of nitrogens with one attached hydrogen (secondary N) is 1. The Morgan fingerprint density at radius 2 is 1.87 bits per heavy atom. The van der Waals surface area contributed by atoms with Crippen LogP contribution in [0.1, 0.15) is 59.9 Å². The van der Waals surface area contributed by atoms with Crippen molar-refractivity contribution in [2.24, 2.45) is 0 Å². The van der Waals surface area contributed by atoms with E-state index in [0.717, 1.165) is 46.5 Å². The lowest BCUT2D eigenvalue weighted by Crippen LogP contribution is -2.29. The molecule has 1 aliphatic rings. The normalized spacial score (nSPS) is 14.4. The van der Waals surface area contributed by atoms with Gasteiger partial charge in [0.25, 0.3) is 5.91 Å². The van der Waals surface area contributed by atoms with Gasteiger partial charge in [0.15, 0.2) is 11.5 Å². The first-order valence-electron chi connectivity index (χ1n) is 13.0. The lowest BCUT2D eigenvalue weighted by atomic mass is 9.95. The highest BCUT2D eigenvalue weighted by Crippen LogP contribution is 2.45. The van der Waals surface area contributed by atoms with Crippen LogP contribution in [0.3, 0.4) is 0 Å². The van der Waals surface area contributed by atoms with Crippen molar-refractivity contribution >= 4 is 5.91 Å². The molecule has 0 fully saturated rings. The van der Waals surface area contributed by atoms with E-state index in [0.29, 0.717) is 37.0 Å². The smallest absolute Gasteiger partial charge is 0.273 e. The average Bonchev–Trinajstić information content (AvgIpc) is 3.49. The van der Waals surface area contributed by atoms with E-state index < -0.39 is 0 Å². The number of aromatic nitrogens is 3. The second-order valence-electron chi connectivity index (χ2n) is 9.13. The highest BCUT2D eigenvalue weighted by atomic mass is 16.5. The van der Waals surface area contributed by atoms with Crippen LogP contribution in [-0.4, -0.2) is 46.3 Å². The predicted molar refractivity (Wildman–Crippen MR) is 145 cm³/mol. The SMILES string of the molecule is CCCCOc1ccc(C2c3c(-c4ccc(OC)cc4)n[nH]c3C(=O)N2Cc2cccnc2)cc1OCC. The Kier molecular flexibility index (Phi) is 7.58. The molecule has 0 radical (unpaired) electrons.